The minimum atomic E-state index is -0.0955. The summed E-state index contributed by atoms with van der Waals surface area (Å²) in [5.74, 6) is 1.03. The second kappa shape index (κ2) is 11.7. The van der Waals surface area contributed by atoms with Gasteiger partial charge in [0, 0.05) is 42.6 Å². The summed E-state index contributed by atoms with van der Waals surface area (Å²) in [6.45, 7) is 4.41. The fourth-order valence-electron chi connectivity index (χ4n) is 3.98. The Bertz CT molecular complexity index is 1020. The Morgan fingerprint density at radius 2 is 1.85 bits per heavy atom. The van der Waals surface area contributed by atoms with Crippen LogP contribution in [0.5, 0.6) is 5.75 Å². The lowest BCUT2D eigenvalue weighted by atomic mass is 10.1. The molecule has 0 N–H and O–H groups in total. The number of ether oxygens (including phenoxy) is 2. The molecule has 1 aromatic heterocycles. The van der Waals surface area contributed by atoms with Gasteiger partial charge in [0.15, 0.2) is 0 Å². The Morgan fingerprint density at radius 3 is 2.55 bits per heavy atom. The minimum Gasteiger partial charge on any atom is -0.497 e. The van der Waals surface area contributed by atoms with Crippen LogP contribution in [0.2, 0.25) is 5.02 Å². The number of carbonyl (C=O) groups excluding carboxylic acids is 1. The van der Waals surface area contributed by atoms with Crippen molar-refractivity contribution >= 4 is 28.8 Å². The molecule has 0 spiro atoms. The number of hydrogen-bond acceptors (Lipinski definition) is 5. The van der Waals surface area contributed by atoms with Gasteiger partial charge in [0.2, 0.25) is 5.91 Å². The molecule has 2 aromatic carbocycles. The first-order chi connectivity index (χ1) is 16.1. The zero-order chi connectivity index (χ0) is 23.0. The Balaban J connectivity index is 1.36. The summed E-state index contributed by atoms with van der Waals surface area (Å²) in [6.07, 6.45) is 0.399. The number of carbonyl (C=O) groups is 1. The van der Waals surface area contributed by atoms with E-state index in [1.807, 2.05) is 70.9 Å². The number of halogens is 1. The molecule has 1 fully saturated rings. The molecule has 1 aliphatic heterocycles. The van der Waals surface area contributed by atoms with Gasteiger partial charge in [-0.3, -0.25) is 9.69 Å². The van der Waals surface area contributed by atoms with E-state index in [-0.39, 0.29) is 12.0 Å². The van der Waals surface area contributed by atoms with Gasteiger partial charge in [0.25, 0.3) is 0 Å². The lowest BCUT2D eigenvalue weighted by molar-refractivity contribution is -0.132. The van der Waals surface area contributed by atoms with Crippen molar-refractivity contribution in [2.75, 3.05) is 39.8 Å². The summed E-state index contributed by atoms with van der Waals surface area (Å²) >= 11 is 7.75. The van der Waals surface area contributed by atoms with Crippen LogP contribution in [0.1, 0.15) is 22.1 Å². The topological polar surface area (TPSA) is 42.0 Å². The fraction of sp³-hybridized carbons (Fsp3) is 0.346. The van der Waals surface area contributed by atoms with Gasteiger partial charge in [0.05, 0.1) is 26.2 Å². The van der Waals surface area contributed by atoms with E-state index in [1.165, 1.54) is 0 Å². The summed E-state index contributed by atoms with van der Waals surface area (Å²) in [7, 11) is 1.67. The standard InChI is InChI=1S/C26H29ClN2O3S/c1-31-23-5-2-4-20(16-23)19-32-25(21-7-9-22(27)10-8-21)18-28-11-13-29(14-12-28)26(30)17-24-6-3-15-33-24/h2-10,15-16,25H,11-14,17-19H2,1H3. The second-order valence-corrected chi connectivity index (χ2v) is 9.61. The predicted molar refractivity (Wildman–Crippen MR) is 133 cm³/mol. The van der Waals surface area contributed by atoms with E-state index in [1.54, 1.807) is 18.4 Å². The van der Waals surface area contributed by atoms with Crippen LogP contribution in [0.3, 0.4) is 0 Å². The molecular weight excluding hydrogens is 456 g/mol. The van der Waals surface area contributed by atoms with Gasteiger partial charge in [-0.1, -0.05) is 41.9 Å². The van der Waals surface area contributed by atoms with Crippen LogP contribution in [-0.2, 0) is 22.6 Å². The van der Waals surface area contributed by atoms with Gasteiger partial charge >= 0.3 is 0 Å². The van der Waals surface area contributed by atoms with E-state index in [9.17, 15) is 4.79 Å². The van der Waals surface area contributed by atoms with Crippen LogP contribution in [0.15, 0.2) is 66.0 Å². The molecule has 174 valence electrons. The third-order valence-electron chi connectivity index (χ3n) is 5.88. The molecule has 4 rings (SSSR count). The van der Waals surface area contributed by atoms with Crippen LogP contribution in [0.4, 0.5) is 0 Å². The van der Waals surface area contributed by atoms with Crippen molar-refractivity contribution in [1.29, 1.82) is 0 Å². The molecule has 1 atom stereocenters. The lowest BCUT2D eigenvalue weighted by Gasteiger charge is -2.36. The Kier molecular flexibility index (Phi) is 8.40. The van der Waals surface area contributed by atoms with Crippen LogP contribution >= 0.6 is 22.9 Å². The van der Waals surface area contributed by atoms with Crippen LogP contribution in [-0.4, -0.2) is 55.5 Å². The van der Waals surface area contributed by atoms with Gasteiger partial charge in [-0.25, -0.2) is 0 Å². The van der Waals surface area contributed by atoms with Crippen molar-refractivity contribution in [2.45, 2.75) is 19.1 Å². The minimum absolute atomic E-state index is 0.0955. The highest BCUT2D eigenvalue weighted by Crippen LogP contribution is 2.24. The number of benzene rings is 2. The summed E-state index contributed by atoms with van der Waals surface area (Å²) in [5.41, 5.74) is 2.16. The van der Waals surface area contributed by atoms with Gasteiger partial charge in [0.1, 0.15) is 5.75 Å². The van der Waals surface area contributed by atoms with Gasteiger partial charge in [-0.05, 0) is 46.8 Å². The van der Waals surface area contributed by atoms with Gasteiger partial charge in [-0.15, -0.1) is 11.3 Å². The van der Waals surface area contributed by atoms with Crippen LogP contribution < -0.4 is 4.74 Å². The smallest absolute Gasteiger partial charge is 0.227 e. The average Bonchev–Trinajstić information content (AvgIpc) is 3.36. The molecule has 7 heteroatoms. The predicted octanol–water partition coefficient (Wildman–Crippen LogP) is 5.05. The maximum absolute atomic E-state index is 12.6. The first kappa shape index (κ1) is 23.8. The van der Waals surface area contributed by atoms with Crippen molar-refractivity contribution in [3.8, 4) is 5.75 Å². The molecule has 0 bridgehead atoms. The third-order valence-corrected chi connectivity index (χ3v) is 7.01. The average molecular weight is 485 g/mol. The molecular formula is C26H29ClN2O3S. The molecule has 1 amide bonds. The molecule has 3 aromatic rings. The van der Waals surface area contributed by atoms with Crippen LogP contribution in [0.25, 0.3) is 0 Å². The molecule has 1 unspecified atom stereocenters. The van der Waals surface area contributed by atoms with Crippen molar-refractivity contribution in [3.63, 3.8) is 0 Å². The SMILES string of the molecule is COc1cccc(COC(CN2CCN(C(=O)Cc3cccs3)CC2)c2ccc(Cl)cc2)c1. The summed E-state index contributed by atoms with van der Waals surface area (Å²) < 4.78 is 11.7. The van der Waals surface area contributed by atoms with Crippen molar-refractivity contribution in [3.05, 3.63) is 87.1 Å². The fourth-order valence-corrected chi connectivity index (χ4v) is 4.80. The van der Waals surface area contributed by atoms with Gasteiger partial charge < -0.3 is 14.4 Å². The monoisotopic (exact) mass is 484 g/mol. The highest BCUT2D eigenvalue weighted by Gasteiger charge is 2.24. The summed E-state index contributed by atoms with van der Waals surface area (Å²) in [6, 6.07) is 19.8. The largest absolute Gasteiger partial charge is 0.497 e. The normalized spacial score (nSPS) is 15.4. The number of rotatable bonds is 9. The maximum Gasteiger partial charge on any atom is 0.227 e. The molecule has 0 radical (unpaired) electrons. The van der Waals surface area contributed by atoms with E-state index < -0.39 is 0 Å². The molecule has 2 heterocycles. The van der Waals surface area contributed by atoms with E-state index >= 15 is 0 Å². The zero-order valence-electron chi connectivity index (χ0n) is 18.8. The molecule has 33 heavy (non-hydrogen) atoms. The maximum atomic E-state index is 12.6. The number of amides is 1. The zero-order valence-corrected chi connectivity index (χ0v) is 20.4. The first-order valence-corrected chi connectivity index (χ1v) is 12.4. The lowest BCUT2D eigenvalue weighted by Crippen LogP contribution is -2.50. The Labute approximate surface area is 204 Å². The van der Waals surface area contributed by atoms with Crippen LogP contribution in [0, 0.1) is 0 Å². The van der Waals surface area contributed by atoms with E-state index in [4.69, 9.17) is 21.1 Å². The number of methoxy groups -OCH3 is 1. The number of piperazine rings is 1. The van der Waals surface area contributed by atoms with Crippen molar-refractivity contribution in [2.24, 2.45) is 0 Å². The molecule has 1 aliphatic rings. The van der Waals surface area contributed by atoms with Crippen molar-refractivity contribution < 1.29 is 14.3 Å². The van der Waals surface area contributed by atoms with Gasteiger partial charge in [-0.2, -0.15) is 0 Å². The Hall–Kier alpha value is -2.38. The first-order valence-electron chi connectivity index (χ1n) is 11.1. The second-order valence-electron chi connectivity index (χ2n) is 8.14. The third kappa shape index (κ3) is 6.81. The highest BCUT2D eigenvalue weighted by atomic mass is 35.5. The molecule has 5 nitrogen and oxygen atoms in total. The van der Waals surface area contributed by atoms with Crippen molar-refractivity contribution in [1.82, 2.24) is 9.80 Å². The molecule has 0 saturated carbocycles. The number of thiophene rings is 1. The van der Waals surface area contributed by atoms with E-state index in [2.05, 4.69) is 4.90 Å². The number of hydrogen-bond donors (Lipinski definition) is 0. The molecule has 1 saturated heterocycles. The van der Waals surface area contributed by atoms with E-state index in [0.717, 1.165) is 54.5 Å². The Morgan fingerprint density at radius 1 is 1.06 bits per heavy atom. The highest BCUT2D eigenvalue weighted by molar-refractivity contribution is 7.10. The quantitative estimate of drug-likeness (QED) is 0.426. The van der Waals surface area contributed by atoms with E-state index in [0.29, 0.717) is 18.1 Å². The summed E-state index contributed by atoms with van der Waals surface area (Å²) in [4.78, 5) is 18.1. The number of nitrogens with zero attached hydrogens (tertiary/aromatic N) is 2. The molecule has 0 aliphatic carbocycles. The summed E-state index contributed by atoms with van der Waals surface area (Å²) in [5, 5.41) is 2.73.